The minimum absolute atomic E-state index is 0.0796. The molecule has 0 saturated heterocycles. The van der Waals surface area contributed by atoms with Gasteiger partial charge in [0.2, 0.25) is 0 Å². The van der Waals surface area contributed by atoms with Crippen LogP contribution in [0.25, 0.3) is 76.1 Å². The molecule has 44 heavy (non-hydrogen) atoms. The van der Waals surface area contributed by atoms with Crippen molar-refractivity contribution in [2.75, 3.05) is 0 Å². The number of rotatable bonds is 3. The highest BCUT2D eigenvalue weighted by Crippen LogP contribution is 2.46. The van der Waals surface area contributed by atoms with Gasteiger partial charge in [-0.25, -0.2) is 0 Å². The lowest BCUT2D eigenvalue weighted by Crippen LogP contribution is -2.10. The quantitative estimate of drug-likeness (QED) is 0.148. The molecule has 0 heterocycles. The largest absolute Gasteiger partial charge is 0.0616 e. The van der Waals surface area contributed by atoms with E-state index in [4.69, 9.17) is 0 Å². The lowest BCUT2D eigenvalue weighted by molar-refractivity contribution is 0.590. The van der Waals surface area contributed by atoms with Crippen LogP contribution in [0.5, 0.6) is 0 Å². The summed E-state index contributed by atoms with van der Waals surface area (Å²) in [6.45, 7) is 9.16. The molecule has 0 N–H and O–H groups in total. The molecule has 0 aliphatic heterocycles. The second-order valence-corrected chi connectivity index (χ2v) is 13.2. The number of hydrogen-bond acceptors (Lipinski definition) is 0. The average Bonchev–Trinajstić information content (AvgIpc) is 3.05. The Morgan fingerprint density at radius 1 is 0.432 bits per heavy atom. The second kappa shape index (κ2) is 10.1. The first-order chi connectivity index (χ1) is 21.4. The van der Waals surface area contributed by atoms with Crippen molar-refractivity contribution in [3.05, 3.63) is 145 Å². The molecule has 0 atom stereocenters. The Kier molecular flexibility index (Phi) is 6.10. The fraction of sp³-hybridized carbons (Fsp3) is 0.136. The van der Waals surface area contributed by atoms with E-state index in [1.54, 1.807) is 0 Å². The first-order valence-electron chi connectivity index (χ1n) is 15.8. The van der Waals surface area contributed by atoms with E-state index in [1.807, 2.05) is 0 Å². The first kappa shape index (κ1) is 26.7. The highest BCUT2D eigenvalue weighted by Gasteiger charge is 2.20. The van der Waals surface area contributed by atoms with Crippen molar-refractivity contribution >= 4 is 53.9 Å². The lowest BCUT2D eigenvalue weighted by Gasteiger charge is -2.22. The zero-order chi connectivity index (χ0) is 30.0. The van der Waals surface area contributed by atoms with Gasteiger partial charge in [-0.05, 0) is 105 Å². The van der Waals surface area contributed by atoms with Crippen molar-refractivity contribution in [2.45, 2.75) is 39.5 Å². The van der Waals surface area contributed by atoms with Gasteiger partial charge in [0.15, 0.2) is 0 Å². The highest BCUT2D eigenvalue weighted by molar-refractivity contribution is 6.25. The zero-order valence-electron chi connectivity index (χ0n) is 25.9. The normalized spacial score (nSPS) is 12.2. The van der Waals surface area contributed by atoms with Crippen LogP contribution >= 0.6 is 0 Å². The van der Waals surface area contributed by atoms with Crippen molar-refractivity contribution in [3.8, 4) is 22.3 Å². The van der Waals surface area contributed by atoms with Gasteiger partial charge in [-0.2, -0.15) is 0 Å². The van der Waals surface area contributed by atoms with Gasteiger partial charge in [0.1, 0.15) is 0 Å². The number of fused-ring (bicyclic) bond motifs is 6. The van der Waals surface area contributed by atoms with Crippen LogP contribution in [0.1, 0.15) is 38.8 Å². The minimum Gasteiger partial charge on any atom is -0.0616 e. The highest BCUT2D eigenvalue weighted by atomic mass is 14.2. The molecule has 8 aromatic rings. The smallest absolute Gasteiger partial charge is 0.00201 e. The van der Waals surface area contributed by atoms with Crippen molar-refractivity contribution in [1.29, 1.82) is 0 Å². The Balaban J connectivity index is 1.48. The molecule has 8 aromatic carbocycles. The van der Waals surface area contributed by atoms with E-state index in [2.05, 4.69) is 161 Å². The third kappa shape index (κ3) is 4.05. The number of benzene rings is 8. The third-order valence-electron chi connectivity index (χ3n) is 9.59. The van der Waals surface area contributed by atoms with Crippen molar-refractivity contribution < 1.29 is 0 Å². The van der Waals surface area contributed by atoms with Crippen LogP contribution in [-0.2, 0) is 11.8 Å². The van der Waals surface area contributed by atoms with Crippen LogP contribution < -0.4 is 0 Å². The standard InChI is InChI=1S/C44H36/c1-5-31-32-17-7-6-14-28(32)27-41-33-22-13-23-36(35(33)25-24-34(31)41)43-39-20-10-8-18-37(39)42(38-19-9-11-21-40(38)43)29-15-12-16-30(26-29)44(2,3)4/h6-27H,5H2,1-4H3. The lowest BCUT2D eigenvalue weighted by atomic mass is 9.82. The Bertz CT molecular complexity index is 2340. The summed E-state index contributed by atoms with van der Waals surface area (Å²) in [5.74, 6) is 0. The van der Waals surface area contributed by atoms with Crippen molar-refractivity contribution in [2.24, 2.45) is 0 Å². The van der Waals surface area contributed by atoms with Gasteiger partial charge in [-0.3, -0.25) is 0 Å². The molecule has 0 saturated carbocycles. The van der Waals surface area contributed by atoms with E-state index in [0.29, 0.717) is 0 Å². The van der Waals surface area contributed by atoms with Crippen LogP contribution in [0.4, 0.5) is 0 Å². The molecule has 0 heteroatoms. The summed E-state index contributed by atoms with van der Waals surface area (Å²) in [4.78, 5) is 0. The van der Waals surface area contributed by atoms with E-state index in [0.717, 1.165) is 6.42 Å². The summed E-state index contributed by atoms with van der Waals surface area (Å²) in [5, 5.41) is 13.2. The molecule has 0 aromatic heterocycles. The van der Waals surface area contributed by atoms with Gasteiger partial charge < -0.3 is 0 Å². The van der Waals surface area contributed by atoms with Gasteiger partial charge in [0, 0.05) is 0 Å². The Morgan fingerprint density at radius 2 is 1.00 bits per heavy atom. The summed E-state index contributed by atoms with van der Waals surface area (Å²) in [6.07, 6.45) is 1.01. The van der Waals surface area contributed by atoms with Crippen LogP contribution in [0.15, 0.2) is 133 Å². The second-order valence-electron chi connectivity index (χ2n) is 13.2. The Morgan fingerprint density at radius 3 is 1.66 bits per heavy atom. The van der Waals surface area contributed by atoms with Gasteiger partial charge in [-0.1, -0.05) is 155 Å². The van der Waals surface area contributed by atoms with Gasteiger partial charge in [0.05, 0.1) is 0 Å². The fourth-order valence-corrected chi connectivity index (χ4v) is 7.47. The predicted molar refractivity (Wildman–Crippen MR) is 193 cm³/mol. The molecular formula is C44H36. The SMILES string of the molecule is CCc1c2ccccc2cc2c1ccc1c(-c3c4ccccc4c(-c4cccc(C(C)(C)C)c4)c4ccccc34)cccc12. The van der Waals surface area contributed by atoms with Crippen LogP contribution in [0.3, 0.4) is 0 Å². The molecule has 0 radical (unpaired) electrons. The molecular weight excluding hydrogens is 528 g/mol. The summed E-state index contributed by atoms with van der Waals surface area (Å²) in [5.41, 5.74) is 8.06. The number of hydrogen-bond donors (Lipinski definition) is 0. The van der Waals surface area contributed by atoms with Crippen LogP contribution in [0.2, 0.25) is 0 Å². The molecule has 0 spiro atoms. The van der Waals surface area contributed by atoms with E-state index in [9.17, 15) is 0 Å². The molecule has 0 aliphatic carbocycles. The van der Waals surface area contributed by atoms with Crippen LogP contribution in [-0.4, -0.2) is 0 Å². The summed E-state index contributed by atoms with van der Waals surface area (Å²) >= 11 is 0. The fourth-order valence-electron chi connectivity index (χ4n) is 7.47. The average molecular weight is 565 g/mol. The van der Waals surface area contributed by atoms with Crippen molar-refractivity contribution in [1.82, 2.24) is 0 Å². The maximum atomic E-state index is 2.40. The molecule has 0 aliphatic rings. The molecule has 8 rings (SSSR count). The molecule has 0 amide bonds. The predicted octanol–water partition coefficient (Wildman–Crippen LogP) is 12.6. The monoisotopic (exact) mass is 564 g/mol. The Hall–Kier alpha value is -4.94. The summed E-state index contributed by atoms with van der Waals surface area (Å²) in [6, 6.07) is 50.0. The summed E-state index contributed by atoms with van der Waals surface area (Å²) < 4.78 is 0. The van der Waals surface area contributed by atoms with E-state index in [-0.39, 0.29) is 5.41 Å². The first-order valence-corrected chi connectivity index (χ1v) is 15.8. The van der Waals surface area contributed by atoms with E-state index < -0.39 is 0 Å². The maximum Gasteiger partial charge on any atom is -0.00201 e. The van der Waals surface area contributed by atoms with Crippen LogP contribution in [0, 0.1) is 0 Å². The van der Waals surface area contributed by atoms with E-state index >= 15 is 0 Å². The topological polar surface area (TPSA) is 0 Å². The molecule has 0 fully saturated rings. The molecule has 0 unspecified atom stereocenters. The van der Waals surface area contributed by atoms with Gasteiger partial charge in [-0.15, -0.1) is 0 Å². The maximum absolute atomic E-state index is 2.40. The summed E-state index contributed by atoms with van der Waals surface area (Å²) in [7, 11) is 0. The molecule has 212 valence electrons. The third-order valence-corrected chi connectivity index (χ3v) is 9.59. The molecule has 0 bridgehead atoms. The minimum atomic E-state index is 0.0796. The van der Waals surface area contributed by atoms with Crippen molar-refractivity contribution in [3.63, 3.8) is 0 Å². The van der Waals surface area contributed by atoms with Gasteiger partial charge >= 0.3 is 0 Å². The van der Waals surface area contributed by atoms with Gasteiger partial charge in [0.25, 0.3) is 0 Å². The molecule has 0 nitrogen and oxygen atoms in total. The zero-order valence-corrected chi connectivity index (χ0v) is 25.9. The van der Waals surface area contributed by atoms with E-state index in [1.165, 1.54) is 87.2 Å². The Labute approximate surface area is 259 Å². The number of aryl methyl sites for hydroxylation is 1.